The number of hydrogen-bond acceptors (Lipinski definition) is 6. The molecule has 0 saturated carbocycles. The van der Waals surface area contributed by atoms with Gasteiger partial charge in [0.15, 0.2) is 5.13 Å². The first-order valence-electron chi connectivity index (χ1n) is 9.30. The fourth-order valence-corrected chi connectivity index (χ4v) is 3.74. The molecule has 1 amide bonds. The van der Waals surface area contributed by atoms with Crippen LogP contribution in [0.1, 0.15) is 59.6 Å². The third-order valence-electron chi connectivity index (χ3n) is 4.61. The smallest absolute Gasteiger partial charge is 0.342 e. The molecule has 0 bridgehead atoms. The van der Waals surface area contributed by atoms with Gasteiger partial charge in [0.25, 0.3) is 0 Å². The maximum atomic E-state index is 12.4. The predicted molar refractivity (Wildman–Crippen MR) is 113 cm³/mol. The Morgan fingerprint density at radius 2 is 2.00 bits per heavy atom. The minimum absolute atomic E-state index is 0.0245. The number of esters is 1. The van der Waals surface area contributed by atoms with Crippen LogP contribution >= 0.6 is 11.3 Å². The van der Waals surface area contributed by atoms with E-state index in [0.29, 0.717) is 16.4 Å². The number of aromatic nitrogens is 3. The number of amides is 1. The lowest BCUT2D eigenvalue weighted by atomic mass is 10.1. The predicted octanol–water partition coefficient (Wildman–Crippen LogP) is 4.65. The number of nitrogens with one attached hydrogen (secondary N) is 1. The van der Waals surface area contributed by atoms with Crippen LogP contribution in [0.3, 0.4) is 0 Å². The highest BCUT2D eigenvalue weighted by Gasteiger charge is 2.20. The van der Waals surface area contributed by atoms with Crippen molar-refractivity contribution in [2.45, 2.75) is 47.1 Å². The Balaban J connectivity index is 1.75. The molecule has 0 aliphatic carbocycles. The normalized spacial score (nSPS) is 11.0. The molecule has 0 unspecified atom stereocenters. The number of ether oxygens (including phenoxy) is 1. The molecule has 29 heavy (non-hydrogen) atoms. The van der Waals surface area contributed by atoms with Gasteiger partial charge in [-0.15, -0.1) is 11.3 Å². The van der Waals surface area contributed by atoms with Crippen molar-refractivity contribution in [3.63, 3.8) is 0 Å². The molecular weight excluding hydrogens is 388 g/mol. The van der Waals surface area contributed by atoms with Gasteiger partial charge < -0.3 is 4.74 Å². The van der Waals surface area contributed by atoms with Crippen molar-refractivity contribution >= 4 is 34.0 Å². The van der Waals surface area contributed by atoms with E-state index in [1.54, 1.807) is 10.3 Å². The summed E-state index contributed by atoms with van der Waals surface area (Å²) in [5, 5.41) is 9.09. The van der Waals surface area contributed by atoms with Gasteiger partial charge in [-0.05, 0) is 43.0 Å². The van der Waals surface area contributed by atoms with Gasteiger partial charge in [0.2, 0.25) is 5.91 Å². The van der Waals surface area contributed by atoms with E-state index in [1.807, 2.05) is 45.9 Å². The van der Waals surface area contributed by atoms with Gasteiger partial charge in [-0.25, -0.2) is 9.78 Å². The molecule has 0 aliphatic heterocycles. The molecule has 8 heteroatoms. The maximum absolute atomic E-state index is 12.4. The van der Waals surface area contributed by atoms with E-state index in [4.69, 9.17) is 4.74 Å². The Hall–Kier alpha value is -3.00. The number of thiazole rings is 1. The molecule has 3 aromatic rings. The monoisotopic (exact) mass is 412 g/mol. The van der Waals surface area contributed by atoms with Gasteiger partial charge in [0.1, 0.15) is 12.2 Å². The average molecular weight is 413 g/mol. The van der Waals surface area contributed by atoms with E-state index in [2.05, 4.69) is 15.2 Å². The largest absolute Gasteiger partial charge is 0.455 e. The molecule has 2 heterocycles. The molecule has 3 rings (SSSR count). The zero-order valence-corrected chi connectivity index (χ0v) is 18.0. The Kier molecular flexibility index (Phi) is 6.12. The van der Waals surface area contributed by atoms with Gasteiger partial charge in [-0.2, -0.15) is 5.10 Å². The number of H-pyrrole nitrogens is 1. The van der Waals surface area contributed by atoms with Crippen LogP contribution in [-0.2, 0) is 16.1 Å². The molecule has 0 aliphatic rings. The van der Waals surface area contributed by atoms with E-state index in [1.165, 1.54) is 24.5 Å². The lowest BCUT2D eigenvalue weighted by Gasteiger charge is -2.19. The van der Waals surface area contributed by atoms with Crippen molar-refractivity contribution in [3.05, 3.63) is 57.9 Å². The highest BCUT2D eigenvalue weighted by molar-refractivity contribution is 7.14. The molecule has 0 fully saturated rings. The molecule has 1 aromatic carbocycles. The van der Waals surface area contributed by atoms with Gasteiger partial charge in [0, 0.05) is 12.3 Å². The number of aryl methyl sites for hydroxylation is 2. The summed E-state index contributed by atoms with van der Waals surface area (Å²) in [6.45, 7) is 9.50. The second-order valence-corrected chi connectivity index (χ2v) is 8.01. The summed E-state index contributed by atoms with van der Waals surface area (Å²) in [4.78, 5) is 30.7. The third kappa shape index (κ3) is 4.54. The Bertz CT molecular complexity index is 1040. The second-order valence-electron chi connectivity index (χ2n) is 7.17. The zero-order valence-electron chi connectivity index (χ0n) is 17.1. The van der Waals surface area contributed by atoms with Crippen LogP contribution in [0.2, 0.25) is 0 Å². The summed E-state index contributed by atoms with van der Waals surface area (Å²) in [5.74, 6) is -0.450. The summed E-state index contributed by atoms with van der Waals surface area (Å²) in [6.07, 6.45) is 1.47. The number of aromatic amines is 1. The number of hydrogen-bond donors (Lipinski definition) is 1. The van der Waals surface area contributed by atoms with Crippen molar-refractivity contribution in [2.75, 3.05) is 4.90 Å². The SMILES string of the molecule is CC(=O)N(c1ccc(C)c(C)c1)c1nc(COC(=O)c2cn[nH]c2C(C)C)cs1. The molecule has 0 atom stereocenters. The summed E-state index contributed by atoms with van der Waals surface area (Å²) in [7, 11) is 0. The molecule has 152 valence electrons. The standard InChI is InChI=1S/C21H24N4O3S/c1-12(2)19-18(9-22-24-19)20(27)28-10-16-11-29-21(23-16)25(15(5)26)17-7-6-13(3)14(4)8-17/h6-9,11-12H,10H2,1-5H3,(H,22,24). The number of carbonyl (C=O) groups excluding carboxylic acids is 2. The van der Waals surface area contributed by atoms with E-state index in [0.717, 1.165) is 22.5 Å². The lowest BCUT2D eigenvalue weighted by Crippen LogP contribution is -2.22. The van der Waals surface area contributed by atoms with E-state index in [9.17, 15) is 9.59 Å². The van der Waals surface area contributed by atoms with Gasteiger partial charge in [-0.3, -0.25) is 14.8 Å². The number of rotatable bonds is 6. The first-order valence-corrected chi connectivity index (χ1v) is 10.2. The first-order chi connectivity index (χ1) is 13.8. The lowest BCUT2D eigenvalue weighted by molar-refractivity contribution is -0.115. The molecule has 0 spiro atoms. The van der Waals surface area contributed by atoms with E-state index < -0.39 is 5.97 Å². The van der Waals surface area contributed by atoms with Crippen LogP contribution in [0.5, 0.6) is 0 Å². The van der Waals surface area contributed by atoms with Crippen molar-refractivity contribution in [3.8, 4) is 0 Å². The summed E-state index contributed by atoms with van der Waals surface area (Å²) in [5.41, 5.74) is 4.77. The van der Waals surface area contributed by atoms with Crippen LogP contribution < -0.4 is 4.90 Å². The van der Waals surface area contributed by atoms with Crippen LogP contribution in [0.4, 0.5) is 10.8 Å². The third-order valence-corrected chi connectivity index (χ3v) is 5.49. The quantitative estimate of drug-likeness (QED) is 0.596. The summed E-state index contributed by atoms with van der Waals surface area (Å²) in [6, 6.07) is 5.84. The second kappa shape index (κ2) is 8.57. The topological polar surface area (TPSA) is 88.2 Å². The van der Waals surface area contributed by atoms with Gasteiger partial charge >= 0.3 is 5.97 Å². The number of benzene rings is 1. The van der Waals surface area contributed by atoms with Gasteiger partial charge in [-0.1, -0.05) is 19.9 Å². The Labute approximate surface area is 173 Å². The number of anilines is 2. The Morgan fingerprint density at radius 1 is 1.24 bits per heavy atom. The van der Waals surface area contributed by atoms with Crippen LogP contribution in [0.15, 0.2) is 29.8 Å². The number of nitrogens with zero attached hydrogens (tertiary/aromatic N) is 3. The molecular formula is C21H24N4O3S. The van der Waals surface area contributed by atoms with Crippen LogP contribution in [0, 0.1) is 13.8 Å². The highest BCUT2D eigenvalue weighted by Crippen LogP contribution is 2.30. The van der Waals surface area contributed by atoms with Gasteiger partial charge in [0.05, 0.1) is 23.3 Å². The van der Waals surface area contributed by atoms with Crippen LogP contribution in [0.25, 0.3) is 0 Å². The summed E-state index contributed by atoms with van der Waals surface area (Å²) < 4.78 is 5.40. The average Bonchev–Trinajstić information content (AvgIpc) is 3.32. The van der Waals surface area contributed by atoms with Crippen LogP contribution in [-0.4, -0.2) is 27.1 Å². The minimum Gasteiger partial charge on any atom is -0.455 e. The maximum Gasteiger partial charge on any atom is 0.342 e. The van der Waals surface area contributed by atoms with Crippen molar-refractivity contribution in [1.82, 2.24) is 15.2 Å². The molecule has 0 saturated heterocycles. The summed E-state index contributed by atoms with van der Waals surface area (Å²) >= 11 is 1.33. The fraction of sp³-hybridized carbons (Fsp3) is 0.333. The molecule has 7 nitrogen and oxygen atoms in total. The highest BCUT2D eigenvalue weighted by atomic mass is 32.1. The van der Waals surface area contributed by atoms with E-state index in [-0.39, 0.29) is 18.4 Å². The minimum atomic E-state index is -0.449. The molecule has 0 radical (unpaired) electrons. The molecule has 1 N–H and O–H groups in total. The Morgan fingerprint density at radius 3 is 2.66 bits per heavy atom. The fourth-order valence-electron chi connectivity index (χ4n) is 2.87. The van der Waals surface area contributed by atoms with E-state index >= 15 is 0 Å². The van der Waals surface area contributed by atoms with Crippen molar-refractivity contribution in [2.24, 2.45) is 0 Å². The number of carbonyl (C=O) groups is 2. The molecule has 2 aromatic heterocycles. The van der Waals surface area contributed by atoms with Crippen molar-refractivity contribution < 1.29 is 14.3 Å². The zero-order chi connectivity index (χ0) is 21.1. The first kappa shape index (κ1) is 20.7. The van der Waals surface area contributed by atoms with Crippen molar-refractivity contribution in [1.29, 1.82) is 0 Å².